The molecule has 0 bridgehead atoms. The zero-order valence-corrected chi connectivity index (χ0v) is 11.9. The van der Waals surface area contributed by atoms with Crippen LogP contribution < -0.4 is 0 Å². The van der Waals surface area contributed by atoms with Crippen LogP contribution in [0.1, 0.15) is 29.4 Å². The van der Waals surface area contributed by atoms with Gasteiger partial charge in [-0.15, -0.1) is 11.3 Å². The zero-order valence-electron chi connectivity index (χ0n) is 11.1. The third-order valence-electron chi connectivity index (χ3n) is 2.70. The average Bonchev–Trinajstić information content (AvgIpc) is 2.56. The van der Waals surface area contributed by atoms with E-state index in [1.54, 1.807) is 11.3 Å². The first kappa shape index (κ1) is 14.1. The van der Waals surface area contributed by atoms with E-state index in [0.717, 1.165) is 10.7 Å². The molecule has 96 valence electrons. The van der Waals surface area contributed by atoms with Crippen molar-refractivity contribution in [2.75, 3.05) is 13.7 Å². The fourth-order valence-electron chi connectivity index (χ4n) is 1.43. The molecule has 4 nitrogen and oxygen atoms in total. The highest BCUT2D eigenvalue weighted by Gasteiger charge is 2.16. The fraction of sp³-hybridized carbons (Fsp3) is 0.667. The summed E-state index contributed by atoms with van der Waals surface area (Å²) < 4.78 is 4.70. The molecule has 17 heavy (non-hydrogen) atoms. The highest BCUT2D eigenvalue weighted by Crippen LogP contribution is 2.18. The first-order valence-corrected chi connectivity index (χ1v) is 6.49. The molecule has 0 saturated carbocycles. The molecule has 0 aromatic carbocycles. The monoisotopic (exact) mass is 256 g/mol. The largest absolute Gasteiger partial charge is 0.468 e. The van der Waals surface area contributed by atoms with Gasteiger partial charge < -0.3 is 4.74 Å². The maximum Gasteiger partial charge on any atom is 0.319 e. The standard InChI is InChI=1S/C12H20N2O2S/c1-8(2)14(7-12(15)16-5)6-11-13-9(3)10(4)17-11/h8H,6-7H2,1-5H3. The van der Waals surface area contributed by atoms with Crippen molar-refractivity contribution < 1.29 is 9.53 Å². The van der Waals surface area contributed by atoms with Gasteiger partial charge in [0.05, 0.1) is 25.9 Å². The number of methoxy groups -OCH3 is 1. The third-order valence-corrected chi connectivity index (χ3v) is 3.76. The van der Waals surface area contributed by atoms with Gasteiger partial charge in [-0.3, -0.25) is 9.69 Å². The molecule has 5 heteroatoms. The molecule has 0 aliphatic rings. The van der Waals surface area contributed by atoms with E-state index in [4.69, 9.17) is 4.74 Å². The van der Waals surface area contributed by atoms with E-state index in [1.165, 1.54) is 12.0 Å². The van der Waals surface area contributed by atoms with Crippen LogP contribution in [0.15, 0.2) is 0 Å². The quantitative estimate of drug-likeness (QED) is 0.757. The second kappa shape index (κ2) is 6.12. The number of esters is 1. The minimum absolute atomic E-state index is 0.205. The van der Waals surface area contributed by atoms with E-state index >= 15 is 0 Å². The molecule has 1 aromatic heterocycles. The third kappa shape index (κ3) is 4.09. The average molecular weight is 256 g/mol. The lowest BCUT2D eigenvalue weighted by molar-refractivity contribution is -0.142. The lowest BCUT2D eigenvalue weighted by Crippen LogP contribution is -2.35. The predicted molar refractivity (Wildman–Crippen MR) is 69.2 cm³/mol. The number of carbonyl (C=O) groups excluding carboxylic acids is 1. The van der Waals surface area contributed by atoms with Crippen LogP contribution in [0.4, 0.5) is 0 Å². The second-order valence-corrected chi connectivity index (χ2v) is 5.61. The molecule has 1 aromatic rings. The summed E-state index contributed by atoms with van der Waals surface area (Å²) in [6.07, 6.45) is 0. The minimum atomic E-state index is -0.205. The number of carbonyl (C=O) groups is 1. The van der Waals surface area contributed by atoms with E-state index in [-0.39, 0.29) is 5.97 Å². The Morgan fingerprint density at radius 3 is 2.53 bits per heavy atom. The number of thiazole rings is 1. The summed E-state index contributed by atoms with van der Waals surface area (Å²) in [6, 6.07) is 0.290. The molecule has 0 fully saturated rings. The van der Waals surface area contributed by atoms with Crippen LogP contribution in [0.5, 0.6) is 0 Å². The summed E-state index contributed by atoms with van der Waals surface area (Å²) in [5.74, 6) is -0.205. The van der Waals surface area contributed by atoms with E-state index < -0.39 is 0 Å². The number of hydrogen-bond acceptors (Lipinski definition) is 5. The SMILES string of the molecule is COC(=O)CN(Cc1nc(C)c(C)s1)C(C)C. The summed E-state index contributed by atoms with van der Waals surface area (Å²) in [5.41, 5.74) is 1.08. The van der Waals surface area contributed by atoms with Gasteiger partial charge in [-0.1, -0.05) is 0 Å². The molecule has 0 atom stereocenters. The molecule has 0 spiro atoms. The molecule has 1 heterocycles. The van der Waals surface area contributed by atoms with Crippen molar-refractivity contribution in [2.45, 2.75) is 40.3 Å². The molecule has 0 unspecified atom stereocenters. The smallest absolute Gasteiger partial charge is 0.319 e. The Bertz CT molecular complexity index is 368. The van der Waals surface area contributed by atoms with Crippen molar-refractivity contribution in [2.24, 2.45) is 0 Å². The number of ether oxygens (including phenoxy) is 1. The maximum atomic E-state index is 11.3. The Kier molecular flexibility index (Phi) is 5.08. The van der Waals surface area contributed by atoms with E-state index in [2.05, 4.69) is 30.7 Å². The molecular formula is C12H20N2O2S. The number of hydrogen-bond donors (Lipinski definition) is 0. The number of nitrogens with zero attached hydrogens (tertiary/aromatic N) is 2. The second-order valence-electron chi connectivity index (χ2n) is 4.32. The van der Waals surface area contributed by atoms with Gasteiger partial charge >= 0.3 is 5.97 Å². The van der Waals surface area contributed by atoms with Crippen molar-refractivity contribution in [3.63, 3.8) is 0 Å². The Balaban J connectivity index is 2.69. The van der Waals surface area contributed by atoms with Gasteiger partial charge in [0, 0.05) is 10.9 Å². The van der Waals surface area contributed by atoms with Gasteiger partial charge in [-0.2, -0.15) is 0 Å². The summed E-state index contributed by atoms with van der Waals surface area (Å²) in [6.45, 7) is 9.22. The van der Waals surface area contributed by atoms with Gasteiger partial charge in [-0.25, -0.2) is 4.98 Å². The highest BCUT2D eigenvalue weighted by molar-refractivity contribution is 7.11. The topological polar surface area (TPSA) is 42.4 Å². The molecular weight excluding hydrogens is 236 g/mol. The van der Waals surface area contributed by atoms with Crippen LogP contribution in [0.3, 0.4) is 0 Å². The van der Waals surface area contributed by atoms with Gasteiger partial charge in [-0.05, 0) is 27.7 Å². The van der Waals surface area contributed by atoms with Crippen LogP contribution >= 0.6 is 11.3 Å². The van der Waals surface area contributed by atoms with Crippen LogP contribution in [-0.4, -0.2) is 35.5 Å². The summed E-state index contributed by atoms with van der Waals surface area (Å²) in [5, 5.41) is 1.05. The summed E-state index contributed by atoms with van der Waals surface area (Å²) in [4.78, 5) is 19.1. The number of aryl methyl sites for hydroxylation is 2. The normalized spacial score (nSPS) is 11.2. The van der Waals surface area contributed by atoms with Crippen molar-refractivity contribution >= 4 is 17.3 Å². The van der Waals surface area contributed by atoms with E-state index in [1.807, 2.05) is 6.92 Å². The first-order valence-electron chi connectivity index (χ1n) is 5.67. The van der Waals surface area contributed by atoms with Gasteiger partial charge in [0.2, 0.25) is 0 Å². The van der Waals surface area contributed by atoms with Crippen molar-refractivity contribution in [1.29, 1.82) is 0 Å². The molecule has 0 radical (unpaired) electrons. The minimum Gasteiger partial charge on any atom is -0.468 e. The Hall–Kier alpha value is -0.940. The molecule has 0 aliphatic carbocycles. The molecule has 0 amide bonds. The van der Waals surface area contributed by atoms with Crippen LogP contribution in [-0.2, 0) is 16.1 Å². The Morgan fingerprint density at radius 2 is 2.12 bits per heavy atom. The first-order chi connectivity index (χ1) is 7.93. The lowest BCUT2D eigenvalue weighted by atomic mass is 10.3. The van der Waals surface area contributed by atoms with E-state index in [0.29, 0.717) is 19.1 Å². The number of rotatable bonds is 5. The Labute approximate surface area is 107 Å². The van der Waals surface area contributed by atoms with Crippen LogP contribution in [0.2, 0.25) is 0 Å². The predicted octanol–water partition coefficient (Wildman–Crippen LogP) is 2.14. The van der Waals surface area contributed by atoms with Crippen molar-refractivity contribution in [3.8, 4) is 0 Å². The summed E-state index contributed by atoms with van der Waals surface area (Å²) in [7, 11) is 1.42. The lowest BCUT2D eigenvalue weighted by Gasteiger charge is -2.23. The maximum absolute atomic E-state index is 11.3. The van der Waals surface area contributed by atoms with Crippen molar-refractivity contribution in [3.05, 3.63) is 15.6 Å². The Morgan fingerprint density at radius 1 is 1.47 bits per heavy atom. The van der Waals surface area contributed by atoms with Gasteiger partial charge in [0.1, 0.15) is 5.01 Å². The van der Waals surface area contributed by atoms with E-state index in [9.17, 15) is 4.79 Å². The van der Waals surface area contributed by atoms with Crippen LogP contribution in [0.25, 0.3) is 0 Å². The van der Waals surface area contributed by atoms with Crippen molar-refractivity contribution in [1.82, 2.24) is 9.88 Å². The fourth-order valence-corrected chi connectivity index (χ4v) is 2.39. The summed E-state index contributed by atoms with van der Waals surface area (Å²) >= 11 is 1.69. The number of aromatic nitrogens is 1. The van der Waals surface area contributed by atoms with Gasteiger partial charge in [0.25, 0.3) is 0 Å². The molecule has 1 rings (SSSR count). The molecule has 0 N–H and O–H groups in total. The highest BCUT2D eigenvalue weighted by atomic mass is 32.1. The van der Waals surface area contributed by atoms with Gasteiger partial charge in [0.15, 0.2) is 0 Å². The molecule has 0 saturated heterocycles. The van der Waals surface area contributed by atoms with Crippen LogP contribution in [0, 0.1) is 13.8 Å². The zero-order chi connectivity index (χ0) is 13.0. The molecule has 0 aliphatic heterocycles.